The molecule has 0 spiro atoms. The van der Waals surface area contributed by atoms with Crippen molar-refractivity contribution in [2.75, 3.05) is 19.5 Å². The third kappa shape index (κ3) is 4.23. The number of rotatable bonds is 6. The number of fused-ring (bicyclic) bond motifs is 1. The Morgan fingerprint density at radius 2 is 1.79 bits per heavy atom. The largest absolute Gasteiger partial charge is 0.497 e. The highest BCUT2D eigenvalue weighted by atomic mass is 35.5. The smallest absolute Gasteiger partial charge is 0.148 e. The van der Waals surface area contributed by atoms with Crippen LogP contribution in [0.1, 0.15) is 0 Å². The lowest BCUT2D eigenvalue weighted by atomic mass is 10.1. The van der Waals surface area contributed by atoms with Crippen LogP contribution in [0.4, 0.5) is 11.5 Å². The van der Waals surface area contributed by atoms with Gasteiger partial charge in [-0.05, 0) is 36.4 Å². The molecule has 0 radical (unpaired) electrons. The molecule has 2 N–H and O–H groups in total. The molecule has 0 amide bonds. The zero-order valence-electron chi connectivity index (χ0n) is 18.3. The molecule has 0 saturated heterocycles. The fourth-order valence-corrected chi connectivity index (χ4v) is 4.06. The molecule has 9 heteroatoms. The van der Waals surface area contributed by atoms with E-state index in [2.05, 4.69) is 25.3 Å². The summed E-state index contributed by atoms with van der Waals surface area (Å²) < 4.78 is 10.9. The summed E-state index contributed by atoms with van der Waals surface area (Å²) in [5.41, 5.74) is 3.97. The number of hydrogen-bond donors (Lipinski definition) is 2. The van der Waals surface area contributed by atoms with Gasteiger partial charge in [0, 0.05) is 27.9 Å². The summed E-state index contributed by atoms with van der Waals surface area (Å²) >= 11 is 12.7. The maximum atomic E-state index is 6.52. The van der Waals surface area contributed by atoms with Crippen LogP contribution in [0, 0.1) is 0 Å². The molecule has 0 atom stereocenters. The van der Waals surface area contributed by atoms with Crippen LogP contribution in [0.5, 0.6) is 11.5 Å². The number of nitrogens with zero attached hydrogens (tertiary/aromatic N) is 3. The van der Waals surface area contributed by atoms with E-state index in [1.807, 2.05) is 48.5 Å². The van der Waals surface area contributed by atoms with Crippen LogP contribution >= 0.6 is 23.2 Å². The highest BCUT2D eigenvalue weighted by Crippen LogP contribution is 2.35. The summed E-state index contributed by atoms with van der Waals surface area (Å²) in [6.45, 7) is 0. The normalized spacial score (nSPS) is 10.9. The van der Waals surface area contributed by atoms with Crippen LogP contribution < -0.4 is 14.8 Å². The number of anilines is 2. The second-order valence-corrected chi connectivity index (χ2v) is 8.27. The van der Waals surface area contributed by atoms with Crippen LogP contribution in [0.15, 0.2) is 67.1 Å². The molecule has 3 aromatic carbocycles. The van der Waals surface area contributed by atoms with Crippen molar-refractivity contribution in [3.63, 3.8) is 0 Å². The van der Waals surface area contributed by atoms with Crippen LogP contribution in [-0.4, -0.2) is 34.2 Å². The highest BCUT2D eigenvalue weighted by molar-refractivity contribution is 6.33. The number of methoxy groups -OCH3 is 2. The first kappa shape index (κ1) is 22.0. The lowest BCUT2D eigenvalue weighted by Crippen LogP contribution is -1.99. The van der Waals surface area contributed by atoms with Gasteiger partial charge >= 0.3 is 0 Å². The van der Waals surface area contributed by atoms with Crippen molar-refractivity contribution in [3.8, 4) is 34.1 Å². The Morgan fingerprint density at radius 1 is 0.912 bits per heavy atom. The van der Waals surface area contributed by atoms with E-state index in [9.17, 15) is 0 Å². The number of ether oxygens (including phenoxy) is 2. The molecule has 0 bridgehead atoms. The number of hydrogen-bond acceptors (Lipinski definition) is 6. The second kappa shape index (κ2) is 9.21. The van der Waals surface area contributed by atoms with Gasteiger partial charge in [0.25, 0.3) is 0 Å². The maximum absolute atomic E-state index is 6.52. The molecular formula is C25H19Cl2N5O2. The van der Waals surface area contributed by atoms with Crippen molar-refractivity contribution in [2.45, 2.75) is 0 Å². The monoisotopic (exact) mass is 491 g/mol. The van der Waals surface area contributed by atoms with Crippen molar-refractivity contribution in [3.05, 3.63) is 77.2 Å². The van der Waals surface area contributed by atoms with Gasteiger partial charge in [0.2, 0.25) is 0 Å². The number of aromatic amines is 1. The molecule has 2 aromatic heterocycles. The van der Waals surface area contributed by atoms with E-state index in [-0.39, 0.29) is 0 Å². The molecule has 5 rings (SSSR count). The van der Waals surface area contributed by atoms with E-state index < -0.39 is 0 Å². The molecule has 0 aliphatic carbocycles. The van der Waals surface area contributed by atoms with E-state index >= 15 is 0 Å². The standard InChI is InChI=1S/C25H19Cl2N5O2/c1-33-17-10-19-23(22(11-17)34-2)29-13-30-25(19)31-16-6-7-20(27)18(9-16)24-28-12-21(32-24)14-4-3-5-15(26)8-14/h3-13H,1-2H3,(H,28,32)(H,29,30,31). The lowest BCUT2D eigenvalue weighted by molar-refractivity contribution is 0.397. The molecule has 0 aliphatic rings. The highest BCUT2D eigenvalue weighted by Gasteiger charge is 2.14. The quantitative estimate of drug-likeness (QED) is 0.273. The minimum Gasteiger partial charge on any atom is -0.497 e. The summed E-state index contributed by atoms with van der Waals surface area (Å²) in [6.07, 6.45) is 3.24. The predicted octanol–water partition coefficient (Wildman–Crippen LogP) is 6.75. The number of imidazole rings is 1. The summed E-state index contributed by atoms with van der Waals surface area (Å²) in [7, 11) is 3.19. The summed E-state index contributed by atoms with van der Waals surface area (Å²) in [5.74, 6) is 2.48. The molecule has 34 heavy (non-hydrogen) atoms. The zero-order valence-corrected chi connectivity index (χ0v) is 19.8. The van der Waals surface area contributed by atoms with Crippen molar-refractivity contribution >= 4 is 45.6 Å². The van der Waals surface area contributed by atoms with Crippen molar-refractivity contribution in [1.29, 1.82) is 0 Å². The lowest BCUT2D eigenvalue weighted by Gasteiger charge is -2.13. The number of benzene rings is 3. The molecule has 2 heterocycles. The Kier molecular flexibility index (Phi) is 5.96. The second-order valence-electron chi connectivity index (χ2n) is 7.42. The fourth-order valence-electron chi connectivity index (χ4n) is 3.67. The van der Waals surface area contributed by atoms with Gasteiger partial charge in [0.15, 0.2) is 0 Å². The fraction of sp³-hybridized carbons (Fsp3) is 0.0800. The first-order valence-corrected chi connectivity index (χ1v) is 11.1. The first-order valence-electron chi connectivity index (χ1n) is 10.3. The van der Waals surface area contributed by atoms with Gasteiger partial charge in [-0.3, -0.25) is 0 Å². The maximum Gasteiger partial charge on any atom is 0.148 e. The third-order valence-electron chi connectivity index (χ3n) is 5.33. The Morgan fingerprint density at radius 3 is 2.59 bits per heavy atom. The van der Waals surface area contributed by atoms with Crippen molar-refractivity contribution in [1.82, 2.24) is 19.9 Å². The van der Waals surface area contributed by atoms with Crippen LogP contribution in [0.2, 0.25) is 10.0 Å². The Hall–Kier alpha value is -3.81. The van der Waals surface area contributed by atoms with E-state index in [0.29, 0.717) is 38.7 Å². The molecule has 7 nitrogen and oxygen atoms in total. The average Bonchev–Trinajstić information content (AvgIpc) is 3.35. The van der Waals surface area contributed by atoms with Crippen molar-refractivity contribution in [2.24, 2.45) is 0 Å². The van der Waals surface area contributed by atoms with E-state index in [1.165, 1.54) is 6.33 Å². The van der Waals surface area contributed by atoms with E-state index in [1.54, 1.807) is 26.5 Å². The average molecular weight is 492 g/mol. The van der Waals surface area contributed by atoms with Crippen LogP contribution in [0.3, 0.4) is 0 Å². The third-order valence-corrected chi connectivity index (χ3v) is 5.89. The molecule has 0 saturated carbocycles. The molecule has 5 aromatic rings. The van der Waals surface area contributed by atoms with E-state index in [0.717, 1.165) is 27.9 Å². The number of nitrogens with one attached hydrogen (secondary N) is 2. The molecule has 0 fully saturated rings. The summed E-state index contributed by atoms with van der Waals surface area (Å²) in [6, 6.07) is 16.8. The number of aromatic nitrogens is 4. The molecule has 0 aliphatic heterocycles. The minimum absolute atomic E-state index is 0.563. The number of H-pyrrole nitrogens is 1. The molecular weight excluding hydrogens is 473 g/mol. The SMILES string of the molecule is COc1cc(OC)c2ncnc(Nc3ccc(Cl)c(-c4ncc(-c5cccc(Cl)c5)[nH]4)c3)c2c1. The van der Waals surface area contributed by atoms with Crippen molar-refractivity contribution < 1.29 is 9.47 Å². The van der Waals surface area contributed by atoms with Gasteiger partial charge in [0.1, 0.15) is 35.0 Å². The van der Waals surface area contributed by atoms with Crippen LogP contribution in [0.25, 0.3) is 33.5 Å². The summed E-state index contributed by atoms with van der Waals surface area (Å²) in [4.78, 5) is 16.6. The Labute approximate surface area is 205 Å². The molecule has 0 unspecified atom stereocenters. The van der Waals surface area contributed by atoms with E-state index in [4.69, 9.17) is 32.7 Å². The Bertz CT molecular complexity index is 1500. The summed E-state index contributed by atoms with van der Waals surface area (Å²) in [5, 5.41) is 5.33. The minimum atomic E-state index is 0.563. The van der Waals surface area contributed by atoms with Gasteiger partial charge in [-0.2, -0.15) is 0 Å². The first-order chi connectivity index (χ1) is 16.6. The van der Waals surface area contributed by atoms with Gasteiger partial charge in [-0.15, -0.1) is 0 Å². The van der Waals surface area contributed by atoms with Gasteiger partial charge < -0.3 is 19.8 Å². The Balaban J connectivity index is 1.52. The van der Waals surface area contributed by atoms with Gasteiger partial charge in [0.05, 0.1) is 36.5 Å². The molecule has 170 valence electrons. The van der Waals surface area contributed by atoms with Gasteiger partial charge in [-0.25, -0.2) is 15.0 Å². The predicted molar refractivity (Wildman–Crippen MR) is 135 cm³/mol. The topological polar surface area (TPSA) is 84.9 Å². The number of halogens is 2. The van der Waals surface area contributed by atoms with Crippen LogP contribution in [-0.2, 0) is 0 Å². The zero-order chi connectivity index (χ0) is 23.7. The van der Waals surface area contributed by atoms with Gasteiger partial charge in [-0.1, -0.05) is 35.3 Å².